The number of carbonyl (C=O) groups excluding carboxylic acids is 2. The van der Waals surface area contributed by atoms with E-state index in [1.165, 1.54) is 0 Å². The minimum Gasteiger partial charge on any atom is -0.493 e. The molecule has 0 unspecified atom stereocenters. The Kier molecular flexibility index (Phi) is 8.41. The first kappa shape index (κ1) is 21.0. The fourth-order valence-corrected chi connectivity index (χ4v) is 1.85. The minimum atomic E-state index is -0.300. The van der Waals surface area contributed by atoms with Crippen molar-refractivity contribution < 1.29 is 23.5 Å². The van der Waals surface area contributed by atoms with Gasteiger partial charge in [-0.3, -0.25) is 9.59 Å². The molecule has 0 aliphatic heterocycles. The SMILES string of the molecule is CC(C)COc1ccc(C(=O)NCCC(=O)OCC[N+](C)(C)C)cc1. The molecule has 0 atom stereocenters. The van der Waals surface area contributed by atoms with Crippen LogP contribution in [0.4, 0.5) is 0 Å². The Morgan fingerprint density at radius 1 is 1.12 bits per heavy atom. The van der Waals surface area contributed by atoms with Crippen LogP contribution in [-0.4, -0.2) is 63.8 Å². The highest BCUT2D eigenvalue weighted by atomic mass is 16.5. The Hall–Kier alpha value is -2.08. The predicted octanol–water partition coefficient (Wildman–Crippen LogP) is 2.09. The summed E-state index contributed by atoms with van der Waals surface area (Å²) < 4.78 is 11.5. The van der Waals surface area contributed by atoms with E-state index in [-0.39, 0.29) is 24.8 Å². The number of rotatable bonds is 10. The number of benzene rings is 1. The number of quaternary nitrogens is 1. The molecule has 0 spiro atoms. The lowest BCUT2D eigenvalue weighted by Gasteiger charge is -2.23. The molecule has 0 aromatic heterocycles. The van der Waals surface area contributed by atoms with E-state index < -0.39 is 0 Å². The first-order chi connectivity index (χ1) is 11.7. The van der Waals surface area contributed by atoms with Crippen LogP contribution >= 0.6 is 0 Å². The molecule has 6 nitrogen and oxygen atoms in total. The molecule has 0 saturated carbocycles. The van der Waals surface area contributed by atoms with Crippen LogP contribution in [0.25, 0.3) is 0 Å². The number of esters is 1. The molecule has 25 heavy (non-hydrogen) atoms. The van der Waals surface area contributed by atoms with Crippen molar-refractivity contribution in [1.82, 2.24) is 5.32 Å². The van der Waals surface area contributed by atoms with E-state index in [4.69, 9.17) is 9.47 Å². The molecule has 0 aliphatic carbocycles. The van der Waals surface area contributed by atoms with Gasteiger partial charge in [0.15, 0.2) is 0 Å². The summed E-state index contributed by atoms with van der Waals surface area (Å²) in [6.45, 7) is 6.19. The smallest absolute Gasteiger partial charge is 0.307 e. The highest BCUT2D eigenvalue weighted by molar-refractivity contribution is 5.94. The summed E-state index contributed by atoms with van der Waals surface area (Å²) in [5.41, 5.74) is 0.537. The van der Waals surface area contributed by atoms with Crippen LogP contribution in [0.2, 0.25) is 0 Å². The minimum absolute atomic E-state index is 0.165. The maximum Gasteiger partial charge on any atom is 0.307 e. The third kappa shape index (κ3) is 9.72. The molecular formula is C19H31N2O4+. The van der Waals surface area contributed by atoms with E-state index in [9.17, 15) is 9.59 Å². The zero-order valence-corrected chi connectivity index (χ0v) is 16.0. The number of likely N-dealkylation sites (N-methyl/N-ethyl adjacent to an activating group) is 1. The molecular weight excluding hydrogens is 320 g/mol. The molecule has 1 aromatic rings. The third-order valence-electron chi connectivity index (χ3n) is 3.34. The quantitative estimate of drug-likeness (QED) is 0.518. The Bertz CT molecular complexity index is 548. The van der Waals surface area contributed by atoms with Gasteiger partial charge in [-0.25, -0.2) is 0 Å². The van der Waals surface area contributed by atoms with Crippen LogP contribution in [0.3, 0.4) is 0 Å². The Balaban J connectivity index is 2.28. The maximum absolute atomic E-state index is 12.0. The molecule has 0 bridgehead atoms. The largest absolute Gasteiger partial charge is 0.493 e. The average Bonchev–Trinajstić information content (AvgIpc) is 2.52. The molecule has 6 heteroatoms. The van der Waals surface area contributed by atoms with E-state index in [1.54, 1.807) is 24.3 Å². The second-order valence-corrected chi connectivity index (χ2v) is 7.47. The number of nitrogens with one attached hydrogen (secondary N) is 1. The Labute approximate surface area is 150 Å². The summed E-state index contributed by atoms with van der Waals surface area (Å²) in [4.78, 5) is 23.7. The van der Waals surface area contributed by atoms with E-state index >= 15 is 0 Å². The molecule has 1 aromatic carbocycles. The second-order valence-electron chi connectivity index (χ2n) is 7.47. The van der Waals surface area contributed by atoms with Crippen molar-refractivity contribution in [2.24, 2.45) is 5.92 Å². The van der Waals surface area contributed by atoms with Crippen molar-refractivity contribution in [3.8, 4) is 5.75 Å². The van der Waals surface area contributed by atoms with Gasteiger partial charge < -0.3 is 19.3 Å². The van der Waals surface area contributed by atoms with Gasteiger partial charge in [-0.05, 0) is 30.2 Å². The van der Waals surface area contributed by atoms with E-state index in [0.29, 0.717) is 24.7 Å². The van der Waals surface area contributed by atoms with Gasteiger partial charge in [0.25, 0.3) is 5.91 Å². The molecule has 1 rings (SSSR count). The maximum atomic E-state index is 12.0. The number of carbonyl (C=O) groups is 2. The van der Waals surface area contributed by atoms with Crippen LogP contribution in [0, 0.1) is 5.92 Å². The monoisotopic (exact) mass is 351 g/mol. The van der Waals surface area contributed by atoms with Crippen molar-refractivity contribution in [3.05, 3.63) is 29.8 Å². The number of ether oxygens (including phenoxy) is 2. The predicted molar refractivity (Wildman–Crippen MR) is 97.6 cm³/mol. The molecule has 0 saturated heterocycles. The molecule has 0 heterocycles. The van der Waals surface area contributed by atoms with E-state index in [2.05, 4.69) is 19.2 Å². The Morgan fingerprint density at radius 2 is 1.76 bits per heavy atom. The van der Waals surface area contributed by atoms with Gasteiger partial charge >= 0.3 is 5.97 Å². The normalized spacial score (nSPS) is 11.3. The summed E-state index contributed by atoms with van der Waals surface area (Å²) in [7, 11) is 6.10. The topological polar surface area (TPSA) is 64.6 Å². The van der Waals surface area contributed by atoms with Gasteiger partial charge in [0.2, 0.25) is 0 Å². The second kappa shape index (κ2) is 10.0. The summed E-state index contributed by atoms with van der Waals surface area (Å²) in [5, 5.41) is 2.72. The van der Waals surface area contributed by atoms with Crippen molar-refractivity contribution in [3.63, 3.8) is 0 Å². The number of hydrogen-bond donors (Lipinski definition) is 1. The summed E-state index contributed by atoms with van der Waals surface area (Å²) >= 11 is 0. The van der Waals surface area contributed by atoms with Gasteiger partial charge in [0.05, 0.1) is 34.2 Å². The zero-order chi connectivity index (χ0) is 18.9. The molecule has 0 aliphatic rings. The Morgan fingerprint density at radius 3 is 2.32 bits per heavy atom. The van der Waals surface area contributed by atoms with Gasteiger partial charge in [0, 0.05) is 12.1 Å². The lowest BCUT2D eigenvalue weighted by atomic mass is 10.2. The highest BCUT2D eigenvalue weighted by Gasteiger charge is 2.10. The van der Waals surface area contributed by atoms with Gasteiger partial charge in [-0.1, -0.05) is 13.8 Å². The van der Waals surface area contributed by atoms with Gasteiger partial charge in [-0.15, -0.1) is 0 Å². The molecule has 1 amide bonds. The van der Waals surface area contributed by atoms with Crippen LogP contribution in [0.15, 0.2) is 24.3 Å². The van der Waals surface area contributed by atoms with Crippen molar-refractivity contribution in [1.29, 1.82) is 0 Å². The number of nitrogens with zero attached hydrogens (tertiary/aromatic N) is 1. The highest BCUT2D eigenvalue weighted by Crippen LogP contribution is 2.13. The number of amides is 1. The molecule has 0 radical (unpaired) electrons. The first-order valence-corrected chi connectivity index (χ1v) is 8.64. The average molecular weight is 351 g/mol. The molecule has 1 N–H and O–H groups in total. The van der Waals surface area contributed by atoms with Crippen molar-refractivity contribution in [2.75, 3.05) is 47.4 Å². The van der Waals surface area contributed by atoms with Crippen LogP contribution in [0.1, 0.15) is 30.6 Å². The van der Waals surface area contributed by atoms with Gasteiger partial charge in [0.1, 0.15) is 18.9 Å². The fraction of sp³-hybridized carbons (Fsp3) is 0.579. The standard InChI is InChI=1S/C19H30N2O4/c1-15(2)14-25-17-8-6-16(7-9-17)19(23)20-11-10-18(22)24-13-12-21(3,4)5/h6-9,15H,10-14H2,1-5H3/p+1. The van der Waals surface area contributed by atoms with Crippen LogP contribution in [0.5, 0.6) is 5.75 Å². The first-order valence-electron chi connectivity index (χ1n) is 8.64. The lowest BCUT2D eigenvalue weighted by Crippen LogP contribution is -2.38. The summed E-state index contributed by atoms with van der Waals surface area (Å²) in [5.74, 6) is 0.678. The zero-order valence-electron chi connectivity index (χ0n) is 16.0. The third-order valence-corrected chi connectivity index (χ3v) is 3.34. The molecule has 140 valence electrons. The van der Waals surface area contributed by atoms with Crippen LogP contribution in [-0.2, 0) is 9.53 Å². The lowest BCUT2D eigenvalue weighted by molar-refractivity contribution is -0.870. The van der Waals surface area contributed by atoms with E-state index in [0.717, 1.165) is 16.8 Å². The number of hydrogen-bond acceptors (Lipinski definition) is 4. The van der Waals surface area contributed by atoms with Crippen molar-refractivity contribution in [2.45, 2.75) is 20.3 Å². The summed E-state index contributed by atoms with van der Waals surface area (Å²) in [6, 6.07) is 6.97. The van der Waals surface area contributed by atoms with Crippen molar-refractivity contribution >= 4 is 11.9 Å². The van der Waals surface area contributed by atoms with E-state index in [1.807, 2.05) is 21.1 Å². The summed E-state index contributed by atoms with van der Waals surface area (Å²) in [6.07, 6.45) is 0.165. The molecule has 0 fully saturated rings. The fourth-order valence-electron chi connectivity index (χ4n) is 1.85. The van der Waals surface area contributed by atoms with Gasteiger partial charge in [-0.2, -0.15) is 0 Å². The van der Waals surface area contributed by atoms with Crippen LogP contribution < -0.4 is 10.1 Å².